The third kappa shape index (κ3) is 3.66. The van der Waals surface area contributed by atoms with E-state index in [-0.39, 0.29) is 35.8 Å². The van der Waals surface area contributed by atoms with Gasteiger partial charge in [-0.2, -0.15) is 0 Å². The first-order chi connectivity index (χ1) is 11.6. The summed E-state index contributed by atoms with van der Waals surface area (Å²) in [6, 6.07) is 2.23. The van der Waals surface area contributed by atoms with Gasteiger partial charge >= 0.3 is 0 Å². The summed E-state index contributed by atoms with van der Waals surface area (Å²) in [4.78, 5) is 25.3. The molecular weight excluding hydrogens is 330 g/mol. The van der Waals surface area contributed by atoms with Gasteiger partial charge in [0, 0.05) is 42.7 Å². The molecular formula is C18H22F2N2O3. The summed E-state index contributed by atoms with van der Waals surface area (Å²) >= 11 is 0. The third-order valence-electron chi connectivity index (χ3n) is 4.74. The van der Waals surface area contributed by atoms with Crippen LogP contribution in [0.1, 0.15) is 45.1 Å². The zero-order valence-corrected chi connectivity index (χ0v) is 14.6. The molecule has 0 unspecified atom stereocenters. The van der Waals surface area contributed by atoms with Crippen molar-refractivity contribution in [1.82, 2.24) is 10.2 Å². The van der Waals surface area contributed by atoms with Gasteiger partial charge in [0.05, 0.1) is 5.92 Å². The van der Waals surface area contributed by atoms with E-state index in [0.717, 1.165) is 12.1 Å². The Hall–Kier alpha value is -2.02. The zero-order chi connectivity index (χ0) is 18.4. The highest BCUT2D eigenvalue weighted by Gasteiger charge is 2.36. The van der Waals surface area contributed by atoms with Crippen LogP contribution >= 0.6 is 0 Å². The molecule has 2 aliphatic rings. The molecule has 1 aromatic carbocycles. The van der Waals surface area contributed by atoms with E-state index in [1.165, 1.54) is 0 Å². The van der Waals surface area contributed by atoms with Crippen LogP contribution in [0.4, 0.5) is 8.78 Å². The van der Waals surface area contributed by atoms with Crippen molar-refractivity contribution in [1.29, 1.82) is 0 Å². The molecule has 25 heavy (non-hydrogen) atoms. The quantitative estimate of drug-likeness (QED) is 0.849. The second-order valence-electron chi connectivity index (χ2n) is 7.62. The van der Waals surface area contributed by atoms with Crippen molar-refractivity contribution in [2.75, 3.05) is 13.1 Å². The van der Waals surface area contributed by atoms with E-state index in [2.05, 4.69) is 31.0 Å². The summed E-state index contributed by atoms with van der Waals surface area (Å²) in [7, 11) is 0. The largest absolute Gasteiger partial charge is 0.488 e. The number of hydrogen-bond donors (Lipinski definition) is 1. The monoisotopic (exact) mass is 352 g/mol. The molecule has 1 atom stereocenters. The Morgan fingerprint density at radius 3 is 2.28 bits per heavy atom. The number of carbonyl (C=O) groups is 2. The molecule has 1 aromatic rings. The molecule has 3 rings (SSSR count). The number of likely N-dealkylation sites (tertiary alicyclic amines) is 1. The minimum atomic E-state index is -0.994. The number of ether oxygens (including phenoxy) is 1. The molecule has 2 fully saturated rings. The minimum absolute atomic E-state index is 0.0337. The number of halogens is 2. The molecule has 136 valence electrons. The Morgan fingerprint density at radius 1 is 1.16 bits per heavy atom. The number of nitrogens with zero attached hydrogens (tertiary/aromatic N) is 1. The third-order valence-corrected chi connectivity index (χ3v) is 4.74. The molecule has 0 saturated carbocycles. The second kappa shape index (κ2) is 6.37. The van der Waals surface area contributed by atoms with Crippen LogP contribution in [0.25, 0.3) is 0 Å². The maximum Gasteiger partial charge on any atom is 0.234 e. The first kappa shape index (κ1) is 17.8. The summed E-state index contributed by atoms with van der Waals surface area (Å²) in [6.45, 7) is 7.68. The number of nitrogens with one attached hydrogen (secondary N) is 1. The molecule has 7 heteroatoms. The van der Waals surface area contributed by atoms with Gasteiger partial charge in [-0.15, -0.1) is 0 Å². The average Bonchev–Trinajstić information content (AvgIpc) is 2.42. The number of imide groups is 1. The van der Waals surface area contributed by atoms with Gasteiger partial charge in [-0.1, -0.05) is 0 Å². The number of amides is 2. The van der Waals surface area contributed by atoms with Gasteiger partial charge in [0.1, 0.15) is 23.5 Å². The molecule has 0 aliphatic carbocycles. The molecule has 2 aliphatic heterocycles. The Kier molecular flexibility index (Phi) is 4.53. The molecule has 1 N–H and O–H groups in total. The smallest absolute Gasteiger partial charge is 0.234 e. The Morgan fingerprint density at radius 2 is 1.76 bits per heavy atom. The van der Waals surface area contributed by atoms with E-state index < -0.39 is 29.4 Å². The standard InChI is InChI=1S/C18H22F2N2O3/c1-18(2,3)22-8-11(9-22)25-10-6-13(19)16(14(20)7-10)12-4-5-15(23)21-17(12)24/h6-7,11-12H,4-5,8-9H2,1-3H3,(H,21,23,24)/t12-/m0/s1. The Bertz CT molecular complexity index is 686. The maximum absolute atomic E-state index is 14.4. The summed E-state index contributed by atoms with van der Waals surface area (Å²) < 4.78 is 34.5. The van der Waals surface area contributed by atoms with Gasteiger partial charge in [0.25, 0.3) is 0 Å². The van der Waals surface area contributed by atoms with Crippen molar-refractivity contribution in [2.45, 2.75) is 51.2 Å². The lowest BCUT2D eigenvalue weighted by molar-refractivity contribution is -0.134. The van der Waals surface area contributed by atoms with Crippen molar-refractivity contribution in [3.05, 3.63) is 29.3 Å². The van der Waals surface area contributed by atoms with Crippen molar-refractivity contribution in [3.8, 4) is 5.75 Å². The predicted molar refractivity (Wildman–Crippen MR) is 87.2 cm³/mol. The van der Waals surface area contributed by atoms with Gasteiger partial charge in [-0.3, -0.25) is 19.8 Å². The van der Waals surface area contributed by atoms with E-state index in [4.69, 9.17) is 4.74 Å². The SMILES string of the molecule is CC(C)(C)N1CC(Oc2cc(F)c([C@@H]3CCC(=O)NC3=O)c(F)c2)C1. The van der Waals surface area contributed by atoms with Crippen molar-refractivity contribution < 1.29 is 23.1 Å². The average molecular weight is 352 g/mol. The Labute approximate surface area is 145 Å². The van der Waals surface area contributed by atoms with Gasteiger partial charge in [-0.05, 0) is 27.2 Å². The van der Waals surface area contributed by atoms with E-state index in [1.54, 1.807) is 0 Å². The fourth-order valence-electron chi connectivity index (χ4n) is 3.18. The lowest BCUT2D eigenvalue weighted by Crippen LogP contribution is -2.60. The van der Waals surface area contributed by atoms with Crippen LogP contribution in [-0.2, 0) is 9.59 Å². The van der Waals surface area contributed by atoms with Gasteiger partial charge < -0.3 is 4.74 Å². The number of benzene rings is 1. The molecule has 0 bridgehead atoms. The molecule has 5 nitrogen and oxygen atoms in total. The van der Waals surface area contributed by atoms with Crippen LogP contribution < -0.4 is 10.1 Å². The summed E-state index contributed by atoms with van der Waals surface area (Å²) in [5.41, 5.74) is -0.270. The van der Waals surface area contributed by atoms with Crippen LogP contribution in [0.3, 0.4) is 0 Å². The highest BCUT2D eigenvalue weighted by atomic mass is 19.1. The highest BCUT2D eigenvalue weighted by molar-refractivity contribution is 6.01. The first-order valence-corrected chi connectivity index (χ1v) is 8.39. The van der Waals surface area contributed by atoms with Crippen LogP contribution in [0.5, 0.6) is 5.75 Å². The molecule has 2 heterocycles. The zero-order valence-electron chi connectivity index (χ0n) is 14.6. The molecule has 2 saturated heterocycles. The van der Waals surface area contributed by atoms with Gasteiger partial charge in [-0.25, -0.2) is 8.78 Å². The lowest BCUT2D eigenvalue weighted by atomic mass is 9.89. The van der Waals surface area contributed by atoms with Crippen molar-refractivity contribution >= 4 is 11.8 Å². The summed E-state index contributed by atoms with van der Waals surface area (Å²) in [5, 5.41) is 2.12. The molecule has 2 amide bonds. The summed E-state index contributed by atoms with van der Waals surface area (Å²) in [6.07, 6.45) is 0.0552. The fraction of sp³-hybridized carbons (Fsp3) is 0.556. The Balaban J connectivity index is 1.71. The van der Waals surface area contributed by atoms with Gasteiger partial charge in [0.2, 0.25) is 11.8 Å². The predicted octanol–water partition coefficient (Wildman–Crippen LogP) is 2.35. The summed E-state index contributed by atoms with van der Waals surface area (Å²) in [5.74, 6) is -3.61. The number of hydrogen-bond acceptors (Lipinski definition) is 4. The van der Waals surface area contributed by atoms with Crippen LogP contribution in [0.15, 0.2) is 12.1 Å². The lowest BCUT2D eigenvalue weighted by Gasteiger charge is -2.47. The number of carbonyl (C=O) groups excluding carboxylic acids is 2. The molecule has 0 spiro atoms. The van der Waals surface area contributed by atoms with E-state index >= 15 is 0 Å². The van der Waals surface area contributed by atoms with E-state index in [9.17, 15) is 18.4 Å². The van der Waals surface area contributed by atoms with E-state index in [0.29, 0.717) is 13.1 Å². The second-order valence-corrected chi connectivity index (χ2v) is 7.62. The van der Waals surface area contributed by atoms with E-state index in [1.807, 2.05) is 0 Å². The first-order valence-electron chi connectivity index (χ1n) is 8.39. The normalized spacial score (nSPS) is 22.5. The number of rotatable bonds is 3. The number of piperidine rings is 1. The minimum Gasteiger partial charge on any atom is -0.488 e. The van der Waals surface area contributed by atoms with Gasteiger partial charge in [0.15, 0.2) is 0 Å². The fourth-order valence-corrected chi connectivity index (χ4v) is 3.18. The van der Waals surface area contributed by atoms with Crippen molar-refractivity contribution in [3.63, 3.8) is 0 Å². The molecule has 0 aromatic heterocycles. The van der Waals surface area contributed by atoms with Crippen molar-refractivity contribution in [2.24, 2.45) is 0 Å². The maximum atomic E-state index is 14.4. The molecule has 0 radical (unpaired) electrons. The van der Waals surface area contributed by atoms with Crippen LogP contribution in [0, 0.1) is 11.6 Å². The topological polar surface area (TPSA) is 58.6 Å². The van der Waals surface area contributed by atoms with Crippen LogP contribution in [0.2, 0.25) is 0 Å². The highest BCUT2D eigenvalue weighted by Crippen LogP contribution is 2.33. The van der Waals surface area contributed by atoms with Crippen LogP contribution in [-0.4, -0.2) is 41.4 Å².